The number of hydrogen-bond donors (Lipinski definition) is 0. The summed E-state index contributed by atoms with van der Waals surface area (Å²) in [4.78, 5) is 9.20. The maximum atomic E-state index is 4.73. The number of anilines is 1. The zero-order valence-electron chi connectivity index (χ0n) is 16.8. The van der Waals surface area contributed by atoms with Crippen molar-refractivity contribution in [2.24, 2.45) is 0 Å². The van der Waals surface area contributed by atoms with Gasteiger partial charge in [0.2, 0.25) is 0 Å². The number of aryl methyl sites for hydroxylation is 1. The van der Waals surface area contributed by atoms with Crippen LogP contribution in [0.25, 0.3) is 5.65 Å². The molecule has 0 atom stereocenters. The molecule has 2 aliphatic heterocycles. The first-order chi connectivity index (χ1) is 13.7. The van der Waals surface area contributed by atoms with Crippen molar-refractivity contribution in [1.82, 2.24) is 34.3 Å². The molecule has 0 aromatic carbocycles. The maximum Gasteiger partial charge on any atom is 0.178 e. The topological polar surface area (TPSA) is 67.4 Å². The first-order valence-corrected chi connectivity index (χ1v) is 10.3. The van der Waals surface area contributed by atoms with E-state index in [0.29, 0.717) is 5.92 Å². The zero-order chi connectivity index (χ0) is 19.1. The van der Waals surface area contributed by atoms with Crippen molar-refractivity contribution in [2.45, 2.75) is 51.1 Å². The molecule has 0 aliphatic carbocycles. The predicted octanol–water partition coefficient (Wildman–Crippen LogP) is 2.10. The smallest absolute Gasteiger partial charge is 0.178 e. The van der Waals surface area contributed by atoms with Crippen LogP contribution in [0.4, 0.5) is 5.82 Å². The molecule has 8 nitrogen and oxygen atoms in total. The van der Waals surface area contributed by atoms with E-state index in [1.165, 1.54) is 24.4 Å². The first-order valence-electron chi connectivity index (χ1n) is 10.3. The Morgan fingerprint density at radius 3 is 2.75 bits per heavy atom. The Morgan fingerprint density at radius 1 is 1.07 bits per heavy atom. The summed E-state index contributed by atoms with van der Waals surface area (Å²) in [6.07, 6.45) is 7.96. The van der Waals surface area contributed by atoms with Gasteiger partial charge in [0.1, 0.15) is 11.6 Å². The Balaban J connectivity index is 1.28. The van der Waals surface area contributed by atoms with Crippen LogP contribution in [-0.2, 0) is 19.5 Å². The van der Waals surface area contributed by atoms with E-state index in [9.17, 15) is 0 Å². The number of piperidine rings is 1. The summed E-state index contributed by atoms with van der Waals surface area (Å²) in [6.45, 7) is 4.29. The van der Waals surface area contributed by atoms with Gasteiger partial charge in [-0.15, -0.1) is 15.3 Å². The molecular formula is C20H28N8. The third-order valence-corrected chi connectivity index (χ3v) is 6.12. The maximum absolute atomic E-state index is 4.73. The van der Waals surface area contributed by atoms with Gasteiger partial charge in [0.25, 0.3) is 0 Å². The Kier molecular flexibility index (Phi) is 4.50. The van der Waals surface area contributed by atoms with Gasteiger partial charge in [0.05, 0.1) is 5.69 Å². The minimum absolute atomic E-state index is 0.413. The summed E-state index contributed by atoms with van der Waals surface area (Å²) in [5, 5.41) is 13.5. The second-order valence-corrected chi connectivity index (χ2v) is 8.24. The van der Waals surface area contributed by atoms with Crippen LogP contribution in [0.5, 0.6) is 0 Å². The van der Waals surface area contributed by atoms with Crippen LogP contribution in [0, 0.1) is 0 Å². The fraction of sp³-hybridized carbons (Fsp3) is 0.600. The van der Waals surface area contributed by atoms with E-state index >= 15 is 0 Å². The Hall–Kier alpha value is -2.48. The molecule has 0 saturated carbocycles. The van der Waals surface area contributed by atoms with Gasteiger partial charge >= 0.3 is 0 Å². The lowest BCUT2D eigenvalue weighted by Gasteiger charge is -2.31. The van der Waals surface area contributed by atoms with Crippen molar-refractivity contribution in [1.29, 1.82) is 0 Å². The number of imidazole rings is 1. The monoisotopic (exact) mass is 380 g/mol. The molecular weight excluding hydrogens is 352 g/mol. The molecule has 0 radical (unpaired) electrons. The third-order valence-electron chi connectivity index (χ3n) is 6.12. The summed E-state index contributed by atoms with van der Waals surface area (Å²) in [6, 6.07) is 3.99. The molecule has 1 saturated heterocycles. The molecule has 5 rings (SSSR count). The standard InChI is InChI=1S/C20H28N8/c1-25(2)19-7-6-18-22-23-20(28(18)24-19)15-8-11-26(12-9-15)14-16-13-21-17-5-3-4-10-27(16)17/h6-7,13,15H,3-5,8-12,14H2,1-2H3. The van der Waals surface area contributed by atoms with E-state index in [1.807, 2.05) is 35.6 Å². The van der Waals surface area contributed by atoms with Crippen LogP contribution in [0.3, 0.4) is 0 Å². The number of fused-ring (bicyclic) bond motifs is 2. The highest BCUT2D eigenvalue weighted by atomic mass is 15.4. The Labute approximate surface area is 165 Å². The summed E-state index contributed by atoms with van der Waals surface area (Å²) >= 11 is 0. The number of hydrogen-bond acceptors (Lipinski definition) is 6. The van der Waals surface area contributed by atoms with Crippen LogP contribution in [0.2, 0.25) is 0 Å². The van der Waals surface area contributed by atoms with Gasteiger partial charge < -0.3 is 9.47 Å². The normalized spacial score (nSPS) is 18.5. The number of aromatic nitrogens is 6. The van der Waals surface area contributed by atoms with Crippen LogP contribution < -0.4 is 4.90 Å². The largest absolute Gasteiger partial charge is 0.361 e. The first kappa shape index (κ1) is 17.6. The molecule has 0 amide bonds. The molecule has 148 valence electrons. The SMILES string of the molecule is CN(C)c1ccc2nnc(C3CCN(Cc4cnc5n4CCCC5)CC3)n2n1. The number of likely N-dealkylation sites (tertiary alicyclic amines) is 1. The van der Waals surface area contributed by atoms with E-state index < -0.39 is 0 Å². The molecule has 3 aromatic rings. The molecule has 0 unspecified atom stereocenters. The molecule has 5 heterocycles. The van der Waals surface area contributed by atoms with Crippen molar-refractivity contribution in [3.8, 4) is 0 Å². The van der Waals surface area contributed by atoms with E-state index in [-0.39, 0.29) is 0 Å². The predicted molar refractivity (Wildman–Crippen MR) is 108 cm³/mol. The van der Waals surface area contributed by atoms with Gasteiger partial charge in [0, 0.05) is 45.7 Å². The Morgan fingerprint density at radius 2 is 1.93 bits per heavy atom. The van der Waals surface area contributed by atoms with Gasteiger partial charge in [-0.25, -0.2) is 4.98 Å². The minimum Gasteiger partial charge on any atom is -0.361 e. The second kappa shape index (κ2) is 7.16. The van der Waals surface area contributed by atoms with Gasteiger partial charge in [-0.3, -0.25) is 4.90 Å². The van der Waals surface area contributed by atoms with Crippen molar-refractivity contribution < 1.29 is 0 Å². The Bertz CT molecular complexity index is 964. The molecule has 0 spiro atoms. The minimum atomic E-state index is 0.413. The van der Waals surface area contributed by atoms with E-state index in [1.54, 1.807) is 0 Å². The van der Waals surface area contributed by atoms with Crippen LogP contribution in [0.1, 0.15) is 48.9 Å². The van der Waals surface area contributed by atoms with Gasteiger partial charge in [-0.1, -0.05) is 0 Å². The van der Waals surface area contributed by atoms with E-state index in [0.717, 1.165) is 62.7 Å². The molecule has 2 aliphatic rings. The van der Waals surface area contributed by atoms with Crippen molar-refractivity contribution >= 4 is 11.5 Å². The van der Waals surface area contributed by atoms with Gasteiger partial charge in [-0.2, -0.15) is 4.52 Å². The van der Waals surface area contributed by atoms with Gasteiger partial charge in [0.15, 0.2) is 11.5 Å². The highest BCUT2D eigenvalue weighted by Gasteiger charge is 2.26. The van der Waals surface area contributed by atoms with Crippen molar-refractivity contribution in [2.75, 3.05) is 32.1 Å². The average Bonchev–Trinajstić information content (AvgIpc) is 3.33. The summed E-state index contributed by atoms with van der Waals surface area (Å²) < 4.78 is 4.37. The van der Waals surface area contributed by atoms with E-state index in [2.05, 4.69) is 30.8 Å². The lowest BCUT2D eigenvalue weighted by molar-refractivity contribution is 0.196. The molecule has 3 aromatic heterocycles. The molecule has 0 N–H and O–H groups in total. The molecule has 0 bridgehead atoms. The van der Waals surface area contributed by atoms with Crippen molar-refractivity contribution in [3.63, 3.8) is 0 Å². The average molecular weight is 381 g/mol. The lowest BCUT2D eigenvalue weighted by Crippen LogP contribution is -2.34. The van der Waals surface area contributed by atoms with Gasteiger partial charge in [-0.05, 0) is 50.9 Å². The molecule has 8 heteroatoms. The van der Waals surface area contributed by atoms with Crippen LogP contribution in [0.15, 0.2) is 18.3 Å². The summed E-state index contributed by atoms with van der Waals surface area (Å²) in [5.41, 5.74) is 2.20. The summed E-state index contributed by atoms with van der Waals surface area (Å²) in [7, 11) is 4.01. The summed E-state index contributed by atoms with van der Waals surface area (Å²) in [5.74, 6) is 3.61. The second-order valence-electron chi connectivity index (χ2n) is 8.24. The highest BCUT2D eigenvalue weighted by molar-refractivity contribution is 5.45. The van der Waals surface area contributed by atoms with Crippen LogP contribution in [-0.4, -0.2) is 61.4 Å². The molecule has 28 heavy (non-hydrogen) atoms. The highest BCUT2D eigenvalue weighted by Crippen LogP contribution is 2.28. The third kappa shape index (κ3) is 3.15. The molecule has 1 fully saturated rings. The fourth-order valence-electron chi connectivity index (χ4n) is 4.47. The number of nitrogens with zero attached hydrogens (tertiary/aromatic N) is 8. The van der Waals surface area contributed by atoms with E-state index in [4.69, 9.17) is 5.10 Å². The zero-order valence-corrected chi connectivity index (χ0v) is 16.8. The van der Waals surface area contributed by atoms with Crippen molar-refractivity contribution in [3.05, 3.63) is 35.7 Å². The quantitative estimate of drug-likeness (QED) is 0.691. The van der Waals surface area contributed by atoms with Crippen LogP contribution >= 0.6 is 0 Å². The lowest BCUT2D eigenvalue weighted by atomic mass is 9.96. The fourth-order valence-corrected chi connectivity index (χ4v) is 4.47. The number of rotatable bonds is 4.